The number of fused-ring (bicyclic) bond motifs is 3. The lowest BCUT2D eigenvalue weighted by molar-refractivity contribution is 0.0941. The molecule has 0 aliphatic heterocycles. The predicted molar refractivity (Wildman–Crippen MR) is 183 cm³/mol. The van der Waals surface area contributed by atoms with E-state index in [1.165, 1.54) is 0 Å². The molecule has 3 aromatic carbocycles. The SMILES string of the molecule is NCCCNC(=O)c1cc2ccc(NC(=O)c3ccc4[nH]c(C(=O)Nc5ccc6cc(C(=O)NCCCN)[nH]c6c5)cc4c3)cc2[nH]1. The Morgan fingerprint density at radius 3 is 1.55 bits per heavy atom. The molecule has 13 nitrogen and oxygen atoms in total. The van der Waals surface area contributed by atoms with Gasteiger partial charge in [-0.2, -0.15) is 0 Å². The molecule has 0 saturated heterocycles. The second-order valence-electron chi connectivity index (χ2n) is 11.2. The summed E-state index contributed by atoms with van der Waals surface area (Å²) in [4.78, 5) is 60.3. The third-order valence-electron chi connectivity index (χ3n) is 7.71. The average Bonchev–Trinajstić information content (AvgIpc) is 3.81. The highest BCUT2D eigenvalue weighted by Crippen LogP contribution is 2.24. The molecule has 240 valence electrons. The Labute approximate surface area is 268 Å². The third-order valence-corrected chi connectivity index (χ3v) is 7.71. The summed E-state index contributed by atoms with van der Waals surface area (Å²) in [6.07, 6.45) is 1.38. The van der Waals surface area contributed by atoms with E-state index in [1.54, 1.807) is 60.7 Å². The Morgan fingerprint density at radius 1 is 0.511 bits per heavy atom. The number of rotatable bonds is 12. The first kappa shape index (κ1) is 31.1. The first-order valence-corrected chi connectivity index (χ1v) is 15.3. The fourth-order valence-electron chi connectivity index (χ4n) is 5.25. The second-order valence-corrected chi connectivity index (χ2v) is 11.2. The normalized spacial score (nSPS) is 11.2. The first-order chi connectivity index (χ1) is 22.8. The Kier molecular flexibility index (Phi) is 9.00. The molecular formula is C34H35N9O4. The number of carbonyl (C=O) groups is 4. The molecule has 0 radical (unpaired) electrons. The minimum atomic E-state index is -0.357. The lowest BCUT2D eigenvalue weighted by Crippen LogP contribution is -2.26. The van der Waals surface area contributed by atoms with E-state index in [9.17, 15) is 19.2 Å². The molecule has 0 fully saturated rings. The summed E-state index contributed by atoms with van der Waals surface area (Å²) in [5, 5.41) is 13.8. The second kappa shape index (κ2) is 13.6. The van der Waals surface area contributed by atoms with Crippen molar-refractivity contribution in [2.24, 2.45) is 11.5 Å². The summed E-state index contributed by atoms with van der Waals surface area (Å²) < 4.78 is 0. The molecule has 13 heteroatoms. The number of aromatic nitrogens is 3. The zero-order valence-corrected chi connectivity index (χ0v) is 25.5. The van der Waals surface area contributed by atoms with E-state index >= 15 is 0 Å². The highest BCUT2D eigenvalue weighted by molar-refractivity contribution is 6.10. The number of benzene rings is 3. The van der Waals surface area contributed by atoms with Gasteiger partial charge in [-0.05, 0) is 86.6 Å². The van der Waals surface area contributed by atoms with E-state index < -0.39 is 0 Å². The van der Waals surface area contributed by atoms with Crippen molar-refractivity contribution in [2.45, 2.75) is 12.8 Å². The van der Waals surface area contributed by atoms with E-state index in [0.29, 0.717) is 95.0 Å². The van der Waals surface area contributed by atoms with Gasteiger partial charge in [-0.25, -0.2) is 0 Å². The van der Waals surface area contributed by atoms with Crippen LogP contribution in [0.25, 0.3) is 32.7 Å². The molecule has 3 aromatic heterocycles. The van der Waals surface area contributed by atoms with Crippen molar-refractivity contribution in [3.05, 3.63) is 95.4 Å². The molecule has 0 atom stereocenters. The summed E-state index contributed by atoms with van der Waals surface area (Å²) in [7, 11) is 0. The van der Waals surface area contributed by atoms with Crippen LogP contribution in [0.1, 0.15) is 54.7 Å². The van der Waals surface area contributed by atoms with Crippen LogP contribution in [0.3, 0.4) is 0 Å². The predicted octanol–water partition coefficient (Wildman–Crippen LogP) is 3.79. The first-order valence-electron chi connectivity index (χ1n) is 15.3. The Hall–Kier alpha value is -5.92. The van der Waals surface area contributed by atoms with Gasteiger partial charge in [0.15, 0.2) is 0 Å². The minimum Gasteiger partial charge on any atom is -0.351 e. The summed E-state index contributed by atoms with van der Waals surface area (Å²) in [5.41, 5.74) is 15.8. The molecule has 0 bridgehead atoms. The highest BCUT2D eigenvalue weighted by Gasteiger charge is 2.15. The van der Waals surface area contributed by atoms with Crippen molar-refractivity contribution in [3.63, 3.8) is 0 Å². The number of nitrogens with two attached hydrogens (primary N) is 2. The van der Waals surface area contributed by atoms with Crippen LogP contribution < -0.4 is 32.7 Å². The number of aromatic amines is 3. The van der Waals surface area contributed by atoms with Gasteiger partial charge in [-0.1, -0.05) is 12.1 Å². The van der Waals surface area contributed by atoms with Crippen LogP contribution in [-0.4, -0.2) is 64.8 Å². The van der Waals surface area contributed by atoms with Gasteiger partial charge >= 0.3 is 0 Å². The number of hydrogen-bond acceptors (Lipinski definition) is 6. The molecule has 6 rings (SSSR count). The molecule has 4 amide bonds. The fraction of sp³-hybridized carbons (Fsp3) is 0.176. The monoisotopic (exact) mass is 633 g/mol. The largest absolute Gasteiger partial charge is 0.351 e. The fourth-order valence-corrected chi connectivity index (χ4v) is 5.25. The number of amides is 4. The van der Waals surface area contributed by atoms with Crippen molar-refractivity contribution in [2.75, 3.05) is 36.8 Å². The zero-order chi connectivity index (χ0) is 32.9. The summed E-state index contributed by atoms with van der Waals surface area (Å²) in [6.45, 7) is 1.98. The van der Waals surface area contributed by atoms with Gasteiger partial charge in [0.1, 0.15) is 17.1 Å². The summed E-state index contributed by atoms with van der Waals surface area (Å²) >= 11 is 0. The van der Waals surface area contributed by atoms with Gasteiger partial charge in [0.2, 0.25) is 0 Å². The minimum absolute atomic E-state index is 0.218. The lowest BCUT2D eigenvalue weighted by atomic mass is 10.1. The summed E-state index contributed by atoms with van der Waals surface area (Å²) in [6, 6.07) is 21.0. The number of anilines is 2. The average molecular weight is 634 g/mol. The molecule has 0 saturated carbocycles. The smallest absolute Gasteiger partial charge is 0.272 e. The van der Waals surface area contributed by atoms with Crippen molar-refractivity contribution in [3.8, 4) is 0 Å². The Morgan fingerprint density at radius 2 is 1.00 bits per heavy atom. The maximum Gasteiger partial charge on any atom is 0.272 e. The maximum absolute atomic E-state index is 13.1. The Bertz CT molecular complexity index is 2010. The number of hydrogen-bond donors (Lipinski definition) is 9. The number of carbonyl (C=O) groups excluding carboxylic acids is 4. The van der Waals surface area contributed by atoms with Gasteiger partial charge < -0.3 is 47.7 Å². The lowest BCUT2D eigenvalue weighted by Gasteiger charge is -2.06. The summed E-state index contributed by atoms with van der Waals surface area (Å²) in [5.74, 6) is -1.12. The van der Waals surface area contributed by atoms with Crippen LogP contribution in [0.2, 0.25) is 0 Å². The van der Waals surface area contributed by atoms with Crippen LogP contribution in [-0.2, 0) is 0 Å². The van der Waals surface area contributed by atoms with Gasteiger partial charge in [-0.15, -0.1) is 0 Å². The van der Waals surface area contributed by atoms with Crippen LogP contribution in [0.4, 0.5) is 11.4 Å². The van der Waals surface area contributed by atoms with E-state index in [-0.39, 0.29) is 23.6 Å². The van der Waals surface area contributed by atoms with Crippen molar-refractivity contribution in [1.29, 1.82) is 0 Å². The highest BCUT2D eigenvalue weighted by atomic mass is 16.2. The van der Waals surface area contributed by atoms with Crippen LogP contribution >= 0.6 is 0 Å². The van der Waals surface area contributed by atoms with Crippen LogP contribution in [0, 0.1) is 0 Å². The van der Waals surface area contributed by atoms with E-state index in [0.717, 1.165) is 10.8 Å². The zero-order valence-electron chi connectivity index (χ0n) is 25.5. The van der Waals surface area contributed by atoms with Crippen molar-refractivity contribution < 1.29 is 19.2 Å². The van der Waals surface area contributed by atoms with Gasteiger partial charge in [-0.3, -0.25) is 19.2 Å². The van der Waals surface area contributed by atoms with Gasteiger partial charge in [0.25, 0.3) is 23.6 Å². The molecule has 3 heterocycles. The third kappa shape index (κ3) is 7.01. The van der Waals surface area contributed by atoms with Crippen molar-refractivity contribution in [1.82, 2.24) is 25.6 Å². The number of H-pyrrole nitrogens is 3. The quantitative estimate of drug-likeness (QED) is 0.0913. The topological polar surface area (TPSA) is 216 Å². The van der Waals surface area contributed by atoms with E-state index in [2.05, 4.69) is 36.2 Å². The van der Waals surface area contributed by atoms with Crippen molar-refractivity contribution >= 4 is 67.7 Å². The number of nitrogens with one attached hydrogen (secondary N) is 7. The van der Waals surface area contributed by atoms with Gasteiger partial charge in [0, 0.05) is 62.7 Å². The molecule has 11 N–H and O–H groups in total. The molecule has 0 unspecified atom stereocenters. The van der Waals surface area contributed by atoms with E-state index in [4.69, 9.17) is 11.5 Å². The molecule has 0 aliphatic rings. The standard InChI is InChI=1S/C34H35N9O4/c35-9-1-11-37-32(45)28-14-19-3-6-23(17-26(19)42-28)39-31(44)21-5-8-25-22(13-21)16-30(41-25)34(47)40-24-7-4-20-15-29(43-27(20)18-24)33(46)38-12-2-10-36/h3-8,13-18,41-43H,1-2,9-12,35-36H2,(H,37,45)(H,38,46)(H,39,44)(H,40,47). The molecule has 47 heavy (non-hydrogen) atoms. The maximum atomic E-state index is 13.1. The van der Waals surface area contributed by atoms with Crippen LogP contribution in [0.15, 0.2) is 72.8 Å². The Balaban J connectivity index is 1.11. The van der Waals surface area contributed by atoms with Gasteiger partial charge in [0.05, 0.1) is 0 Å². The molecule has 6 aromatic rings. The van der Waals surface area contributed by atoms with Crippen LogP contribution in [0.5, 0.6) is 0 Å². The molecule has 0 aliphatic carbocycles. The molecular weight excluding hydrogens is 598 g/mol. The molecule has 0 spiro atoms. The van der Waals surface area contributed by atoms with E-state index in [1.807, 2.05) is 12.1 Å².